The van der Waals surface area contributed by atoms with Crippen LogP contribution in [-0.2, 0) is 10.0 Å². The molecule has 1 N–H and O–H groups in total. The number of hydrogen-bond acceptors (Lipinski definition) is 6. The molecular weight excluding hydrogens is 368 g/mol. The molecule has 2 fully saturated rings. The Labute approximate surface area is 158 Å². The van der Waals surface area contributed by atoms with E-state index in [9.17, 15) is 13.2 Å². The number of piperazine rings is 1. The van der Waals surface area contributed by atoms with Crippen molar-refractivity contribution in [2.45, 2.75) is 43.2 Å². The fourth-order valence-corrected chi connectivity index (χ4v) is 5.29. The molecule has 0 radical (unpaired) electrons. The van der Waals surface area contributed by atoms with Crippen LogP contribution in [0.1, 0.15) is 32.1 Å². The number of nitrogens with zero attached hydrogens (tertiary/aromatic N) is 3. The SMILES string of the molecule is O=c1ccc(-c2ccc(S(=O)(=O)N3CCN(C4CCCCC4)CC3)o2)n[nH]1. The summed E-state index contributed by atoms with van der Waals surface area (Å²) >= 11 is 0. The lowest BCUT2D eigenvalue weighted by molar-refractivity contribution is 0.110. The van der Waals surface area contributed by atoms with Crippen LogP contribution in [-0.4, -0.2) is 60.0 Å². The van der Waals surface area contributed by atoms with Crippen molar-refractivity contribution in [1.29, 1.82) is 0 Å². The molecular formula is C18H24N4O4S. The highest BCUT2D eigenvalue weighted by molar-refractivity contribution is 7.89. The molecule has 2 aliphatic rings. The van der Waals surface area contributed by atoms with Gasteiger partial charge in [0.25, 0.3) is 15.6 Å². The van der Waals surface area contributed by atoms with Gasteiger partial charge in [0.1, 0.15) is 5.69 Å². The molecule has 1 aliphatic carbocycles. The Morgan fingerprint density at radius 1 is 1.00 bits per heavy atom. The summed E-state index contributed by atoms with van der Waals surface area (Å²) in [5.74, 6) is 0.311. The lowest BCUT2D eigenvalue weighted by Gasteiger charge is -2.39. The molecule has 1 saturated heterocycles. The Morgan fingerprint density at radius 2 is 1.74 bits per heavy atom. The van der Waals surface area contributed by atoms with Crippen molar-refractivity contribution in [2.24, 2.45) is 0 Å². The minimum atomic E-state index is -3.67. The fraction of sp³-hybridized carbons (Fsp3) is 0.556. The Hall–Kier alpha value is -1.97. The first kappa shape index (κ1) is 18.4. The first-order valence-corrected chi connectivity index (χ1v) is 10.9. The zero-order chi connectivity index (χ0) is 18.9. The molecule has 1 aliphatic heterocycles. The smallest absolute Gasteiger partial charge is 0.276 e. The van der Waals surface area contributed by atoms with Crippen molar-refractivity contribution in [3.8, 4) is 11.5 Å². The number of H-pyrrole nitrogens is 1. The molecule has 0 amide bonds. The van der Waals surface area contributed by atoms with Gasteiger partial charge in [-0.15, -0.1) is 0 Å². The first-order valence-electron chi connectivity index (χ1n) is 9.44. The number of aromatic amines is 1. The van der Waals surface area contributed by atoms with E-state index in [-0.39, 0.29) is 10.7 Å². The molecule has 27 heavy (non-hydrogen) atoms. The third-order valence-corrected chi connectivity index (χ3v) is 7.24. The van der Waals surface area contributed by atoms with E-state index in [1.54, 1.807) is 6.07 Å². The summed E-state index contributed by atoms with van der Waals surface area (Å²) < 4.78 is 32.8. The van der Waals surface area contributed by atoms with Gasteiger partial charge in [-0.2, -0.15) is 9.40 Å². The summed E-state index contributed by atoms with van der Waals surface area (Å²) in [4.78, 5) is 13.5. The number of rotatable bonds is 4. The summed E-state index contributed by atoms with van der Waals surface area (Å²) in [5, 5.41) is 6.10. The highest BCUT2D eigenvalue weighted by atomic mass is 32.2. The van der Waals surface area contributed by atoms with Crippen LogP contribution in [0.5, 0.6) is 0 Å². The van der Waals surface area contributed by atoms with Crippen LogP contribution in [0.4, 0.5) is 0 Å². The fourth-order valence-electron chi connectivity index (χ4n) is 3.96. The summed E-state index contributed by atoms with van der Waals surface area (Å²) in [6.07, 6.45) is 6.31. The van der Waals surface area contributed by atoms with Crippen molar-refractivity contribution in [3.05, 3.63) is 34.6 Å². The maximum absolute atomic E-state index is 12.9. The van der Waals surface area contributed by atoms with E-state index in [1.807, 2.05) is 0 Å². The van der Waals surface area contributed by atoms with Gasteiger partial charge in [-0.05, 0) is 31.0 Å². The van der Waals surface area contributed by atoms with E-state index in [0.717, 1.165) is 13.1 Å². The Balaban J connectivity index is 1.44. The van der Waals surface area contributed by atoms with Crippen LogP contribution in [0.3, 0.4) is 0 Å². The van der Waals surface area contributed by atoms with E-state index in [0.29, 0.717) is 30.6 Å². The molecule has 146 valence electrons. The standard InChI is InChI=1S/C18H24N4O4S/c23-17-8-6-15(19-20-17)16-7-9-18(26-16)27(24,25)22-12-10-21(11-13-22)14-4-2-1-3-5-14/h6-9,14H,1-5,10-13H2,(H,20,23). The number of nitrogens with one attached hydrogen (secondary N) is 1. The molecule has 0 spiro atoms. The summed E-state index contributed by atoms with van der Waals surface area (Å²) in [5.41, 5.74) is 0.0622. The van der Waals surface area contributed by atoms with Gasteiger partial charge < -0.3 is 4.42 Å². The van der Waals surface area contributed by atoms with Gasteiger partial charge in [-0.25, -0.2) is 13.5 Å². The van der Waals surface area contributed by atoms with Gasteiger partial charge in [0.2, 0.25) is 5.09 Å². The van der Waals surface area contributed by atoms with E-state index < -0.39 is 10.0 Å². The molecule has 1 saturated carbocycles. The zero-order valence-electron chi connectivity index (χ0n) is 15.1. The third-order valence-electron chi connectivity index (χ3n) is 5.47. The Kier molecular flexibility index (Phi) is 5.16. The molecule has 8 nitrogen and oxygen atoms in total. The Bertz CT molecular complexity index is 918. The minimum Gasteiger partial charge on any atom is -0.442 e. The predicted octanol–water partition coefficient (Wildman–Crippen LogP) is 1.67. The predicted molar refractivity (Wildman–Crippen MR) is 99.8 cm³/mol. The second kappa shape index (κ2) is 7.57. The van der Waals surface area contributed by atoms with Crippen LogP contribution >= 0.6 is 0 Å². The second-order valence-corrected chi connectivity index (χ2v) is 9.03. The molecule has 2 aromatic rings. The van der Waals surface area contributed by atoms with E-state index in [2.05, 4.69) is 15.1 Å². The van der Waals surface area contributed by atoms with Gasteiger partial charge in [0, 0.05) is 38.3 Å². The molecule has 0 bridgehead atoms. The van der Waals surface area contributed by atoms with Crippen LogP contribution in [0.25, 0.3) is 11.5 Å². The second-order valence-electron chi connectivity index (χ2n) is 7.16. The van der Waals surface area contributed by atoms with Crippen molar-refractivity contribution >= 4 is 10.0 Å². The average Bonchev–Trinajstić information content (AvgIpc) is 3.20. The van der Waals surface area contributed by atoms with Crippen LogP contribution in [0, 0.1) is 0 Å². The third kappa shape index (κ3) is 3.85. The topological polar surface area (TPSA) is 99.5 Å². The largest absolute Gasteiger partial charge is 0.442 e. The van der Waals surface area contributed by atoms with Crippen molar-refractivity contribution in [3.63, 3.8) is 0 Å². The van der Waals surface area contributed by atoms with Gasteiger partial charge in [-0.1, -0.05) is 19.3 Å². The quantitative estimate of drug-likeness (QED) is 0.850. The molecule has 9 heteroatoms. The summed E-state index contributed by atoms with van der Waals surface area (Å²) in [7, 11) is -3.67. The van der Waals surface area contributed by atoms with E-state index in [4.69, 9.17) is 4.42 Å². The van der Waals surface area contributed by atoms with Gasteiger partial charge >= 0.3 is 0 Å². The van der Waals surface area contributed by atoms with E-state index >= 15 is 0 Å². The van der Waals surface area contributed by atoms with Gasteiger partial charge in [-0.3, -0.25) is 9.69 Å². The first-order chi connectivity index (χ1) is 13.0. The van der Waals surface area contributed by atoms with Gasteiger partial charge in [0.15, 0.2) is 5.76 Å². The lowest BCUT2D eigenvalue weighted by Crippen LogP contribution is -2.52. The average molecular weight is 392 g/mol. The monoisotopic (exact) mass is 392 g/mol. The number of hydrogen-bond donors (Lipinski definition) is 1. The normalized spacial score (nSPS) is 20.7. The van der Waals surface area contributed by atoms with Crippen molar-refractivity contribution in [2.75, 3.05) is 26.2 Å². The summed E-state index contributed by atoms with van der Waals surface area (Å²) in [6, 6.07) is 6.43. The minimum absolute atomic E-state index is 0.0865. The van der Waals surface area contributed by atoms with Gasteiger partial charge in [0.05, 0.1) is 0 Å². The lowest BCUT2D eigenvalue weighted by atomic mass is 9.94. The molecule has 4 rings (SSSR count). The molecule has 0 unspecified atom stereocenters. The van der Waals surface area contributed by atoms with Crippen molar-refractivity contribution in [1.82, 2.24) is 19.4 Å². The highest BCUT2D eigenvalue weighted by Crippen LogP contribution is 2.27. The zero-order valence-corrected chi connectivity index (χ0v) is 16.0. The maximum Gasteiger partial charge on any atom is 0.276 e. The number of sulfonamides is 1. The van der Waals surface area contributed by atoms with Crippen LogP contribution < -0.4 is 5.56 Å². The number of aromatic nitrogens is 2. The highest BCUT2D eigenvalue weighted by Gasteiger charge is 2.33. The molecule has 2 aromatic heterocycles. The molecule has 3 heterocycles. The molecule has 0 atom stereocenters. The maximum atomic E-state index is 12.9. The molecule has 0 aromatic carbocycles. The Morgan fingerprint density at radius 3 is 2.41 bits per heavy atom. The van der Waals surface area contributed by atoms with E-state index in [1.165, 1.54) is 54.6 Å². The van der Waals surface area contributed by atoms with Crippen LogP contribution in [0.2, 0.25) is 0 Å². The number of furan rings is 1. The van der Waals surface area contributed by atoms with Crippen molar-refractivity contribution < 1.29 is 12.8 Å². The summed E-state index contributed by atoms with van der Waals surface area (Å²) in [6.45, 7) is 2.48. The van der Waals surface area contributed by atoms with Crippen LogP contribution in [0.15, 0.2) is 38.6 Å².